The molecule has 0 saturated heterocycles. The maximum absolute atomic E-state index is 14.4. The van der Waals surface area contributed by atoms with Gasteiger partial charge in [0.15, 0.2) is 0 Å². The zero-order valence-electron chi connectivity index (χ0n) is 11.7. The maximum Gasteiger partial charge on any atom is 0.134 e. The van der Waals surface area contributed by atoms with Gasteiger partial charge in [0, 0.05) is 9.13 Å². The fourth-order valence-corrected chi connectivity index (χ4v) is 3.04. The Balaban J connectivity index is 2.61. The van der Waals surface area contributed by atoms with Gasteiger partial charge >= 0.3 is 0 Å². The molecule has 2 aromatic rings. The Bertz CT molecular complexity index is 658. The summed E-state index contributed by atoms with van der Waals surface area (Å²) in [6.45, 7) is 3.98. The molecule has 0 saturated carbocycles. The highest BCUT2D eigenvalue weighted by molar-refractivity contribution is 14.1. The van der Waals surface area contributed by atoms with Gasteiger partial charge in [-0.25, -0.2) is 13.2 Å². The van der Waals surface area contributed by atoms with Crippen LogP contribution >= 0.6 is 22.6 Å². The topological polar surface area (TPSA) is 12.0 Å². The average Bonchev–Trinajstić information content (AvgIpc) is 2.43. The fraction of sp³-hybridized carbons (Fsp3) is 0.250. The largest absolute Gasteiger partial charge is 0.306 e. The van der Waals surface area contributed by atoms with Crippen LogP contribution in [-0.4, -0.2) is 6.54 Å². The fourth-order valence-electron chi connectivity index (χ4n) is 2.25. The molecule has 5 heteroatoms. The first-order chi connectivity index (χ1) is 9.95. The molecule has 0 aliphatic rings. The lowest BCUT2D eigenvalue weighted by Crippen LogP contribution is -2.25. The second kappa shape index (κ2) is 6.79. The van der Waals surface area contributed by atoms with Crippen LogP contribution in [0.3, 0.4) is 0 Å². The quantitative estimate of drug-likeness (QED) is 0.727. The van der Waals surface area contributed by atoms with E-state index in [-0.39, 0.29) is 11.4 Å². The molecule has 0 heterocycles. The first kappa shape index (κ1) is 16.3. The van der Waals surface area contributed by atoms with E-state index in [1.165, 1.54) is 24.3 Å². The van der Waals surface area contributed by atoms with Crippen molar-refractivity contribution in [2.45, 2.75) is 19.9 Å². The molecule has 1 unspecified atom stereocenters. The van der Waals surface area contributed by atoms with Crippen molar-refractivity contribution in [1.82, 2.24) is 5.32 Å². The van der Waals surface area contributed by atoms with Crippen LogP contribution in [-0.2, 0) is 0 Å². The second-order valence-electron chi connectivity index (χ2n) is 4.75. The van der Waals surface area contributed by atoms with E-state index < -0.39 is 17.7 Å². The van der Waals surface area contributed by atoms with Gasteiger partial charge in [-0.1, -0.05) is 19.1 Å². The average molecular weight is 405 g/mol. The predicted molar refractivity (Wildman–Crippen MR) is 85.7 cm³/mol. The van der Waals surface area contributed by atoms with E-state index in [0.717, 1.165) is 0 Å². The van der Waals surface area contributed by atoms with Gasteiger partial charge in [0.25, 0.3) is 0 Å². The van der Waals surface area contributed by atoms with Crippen molar-refractivity contribution < 1.29 is 13.2 Å². The molecule has 1 N–H and O–H groups in total. The molecule has 0 aliphatic heterocycles. The zero-order chi connectivity index (χ0) is 15.6. The van der Waals surface area contributed by atoms with Crippen molar-refractivity contribution in [1.29, 1.82) is 0 Å². The van der Waals surface area contributed by atoms with Gasteiger partial charge in [0.1, 0.15) is 17.5 Å². The minimum atomic E-state index is -0.651. The van der Waals surface area contributed by atoms with E-state index in [0.29, 0.717) is 21.2 Å². The van der Waals surface area contributed by atoms with Crippen molar-refractivity contribution in [2.75, 3.05) is 6.54 Å². The Morgan fingerprint density at radius 2 is 1.86 bits per heavy atom. The molecule has 0 spiro atoms. The molecule has 2 aromatic carbocycles. The van der Waals surface area contributed by atoms with Crippen molar-refractivity contribution in [3.63, 3.8) is 0 Å². The predicted octanol–water partition coefficient (Wildman–Crippen LogP) is 4.72. The summed E-state index contributed by atoms with van der Waals surface area (Å²) in [4.78, 5) is 0. The van der Waals surface area contributed by atoms with Crippen LogP contribution in [0.2, 0.25) is 0 Å². The number of aryl methyl sites for hydroxylation is 1. The Morgan fingerprint density at radius 1 is 1.14 bits per heavy atom. The minimum Gasteiger partial charge on any atom is -0.306 e. The van der Waals surface area contributed by atoms with E-state index in [1.807, 2.05) is 29.5 Å². The normalized spacial score (nSPS) is 12.5. The van der Waals surface area contributed by atoms with E-state index >= 15 is 0 Å². The first-order valence-corrected chi connectivity index (χ1v) is 7.66. The Hall–Kier alpha value is -1.08. The van der Waals surface area contributed by atoms with Crippen LogP contribution in [0, 0.1) is 27.9 Å². The minimum absolute atomic E-state index is 0.0265. The smallest absolute Gasteiger partial charge is 0.134 e. The van der Waals surface area contributed by atoms with Crippen molar-refractivity contribution in [3.05, 3.63) is 68.0 Å². The molecule has 0 bridgehead atoms. The standard InChI is InChI=1S/C16H15F3IN/c1-3-21-16(11-6-5-10(17)8-13(11)20)14-12(18)7-4-9(2)15(14)19/h4-8,16,21H,3H2,1-2H3. The number of hydrogen-bond acceptors (Lipinski definition) is 1. The number of halogens is 4. The van der Waals surface area contributed by atoms with Crippen molar-refractivity contribution in [3.8, 4) is 0 Å². The number of nitrogens with one attached hydrogen (secondary N) is 1. The number of benzene rings is 2. The summed E-state index contributed by atoms with van der Waals surface area (Å²) in [5.41, 5.74) is 1.01. The maximum atomic E-state index is 14.4. The third kappa shape index (κ3) is 3.40. The third-order valence-corrected chi connectivity index (χ3v) is 4.22. The molecule has 1 nitrogen and oxygen atoms in total. The highest BCUT2D eigenvalue weighted by Gasteiger charge is 2.24. The summed E-state index contributed by atoms with van der Waals surface area (Å²) < 4.78 is 42.4. The lowest BCUT2D eigenvalue weighted by Gasteiger charge is -2.22. The highest BCUT2D eigenvalue weighted by Crippen LogP contribution is 2.31. The molecule has 112 valence electrons. The van der Waals surface area contributed by atoms with E-state index in [4.69, 9.17) is 0 Å². The SMILES string of the molecule is CCNC(c1ccc(F)cc1I)c1c(F)ccc(C)c1F. The van der Waals surface area contributed by atoms with Crippen LogP contribution in [0.5, 0.6) is 0 Å². The number of hydrogen-bond donors (Lipinski definition) is 1. The molecule has 0 aromatic heterocycles. The van der Waals surface area contributed by atoms with Gasteiger partial charge < -0.3 is 5.32 Å². The van der Waals surface area contributed by atoms with Gasteiger partial charge in [-0.15, -0.1) is 0 Å². The molecular formula is C16H15F3IN. The van der Waals surface area contributed by atoms with Gasteiger partial charge in [-0.05, 0) is 65.4 Å². The Kier molecular flexibility index (Phi) is 5.27. The lowest BCUT2D eigenvalue weighted by atomic mass is 9.96. The number of rotatable bonds is 4. The molecule has 0 aliphatic carbocycles. The molecule has 0 amide bonds. The van der Waals surface area contributed by atoms with E-state index in [2.05, 4.69) is 5.32 Å². The van der Waals surface area contributed by atoms with E-state index in [1.54, 1.807) is 13.0 Å². The van der Waals surface area contributed by atoms with Crippen LogP contribution in [0.4, 0.5) is 13.2 Å². The van der Waals surface area contributed by atoms with Gasteiger partial charge in [0.2, 0.25) is 0 Å². The van der Waals surface area contributed by atoms with E-state index in [9.17, 15) is 13.2 Å². The summed E-state index contributed by atoms with van der Waals surface area (Å²) in [6.07, 6.45) is 0. The van der Waals surface area contributed by atoms with Crippen LogP contribution in [0.15, 0.2) is 30.3 Å². The Labute approximate surface area is 135 Å². The third-order valence-electron chi connectivity index (χ3n) is 3.29. The Morgan fingerprint density at radius 3 is 2.48 bits per heavy atom. The molecule has 1 atom stereocenters. The first-order valence-electron chi connectivity index (χ1n) is 6.58. The zero-order valence-corrected chi connectivity index (χ0v) is 13.8. The summed E-state index contributed by atoms with van der Waals surface area (Å²) >= 11 is 1.97. The summed E-state index contributed by atoms with van der Waals surface area (Å²) in [7, 11) is 0. The molecule has 21 heavy (non-hydrogen) atoms. The molecule has 0 fully saturated rings. The lowest BCUT2D eigenvalue weighted by molar-refractivity contribution is 0.505. The molecule has 2 rings (SSSR count). The van der Waals surface area contributed by atoms with Crippen molar-refractivity contribution in [2.24, 2.45) is 0 Å². The van der Waals surface area contributed by atoms with Gasteiger partial charge in [-0.3, -0.25) is 0 Å². The van der Waals surface area contributed by atoms with Crippen LogP contribution < -0.4 is 5.32 Å². The summed E-state index contributed by atoms with van der Waals surface area (Å²) in [5, 5.41) is 3.08. The highest BCUT2D eigenvalue weighted by atomic mass is 127. The second-order valence-corrected chi connectivity index (χ2v) is 5.91. The van der Waals surface area contributed by atoms with Crippen molar-refractivity contribution >= 4 is 22.6 Å². The van der Waals surface area contributed by atoms with Gasteiger partial charge in [-0.2, -0.15) is 0 Å². The van der Waals surface area contributed by atoms with Crippen LogP contribution in [0.1, 0.15) is 29.7 Å². The van der Waals surface area contributed by atoms with Gasteiger partial charge in [0.05, 0.1) is 6.04 Å². The summed E-state index contributed by atoms with van der Waals surface area (Å²) in [5.74, 6) is -1.55. The molecule has 0 radical (unpaired) electrons. The summed E-state index contributed by atoms with van der Waals surface area (Å²) in [6, 6.07) is 6.23. The molecular weight excluding hydrogens is 390 g/mol. The monoisotopic (exact) mass is 405 g/mol. The van der Waals surface area contributed by atoms with Crippen LogP contribution in [0.25, 0.3) is 0 Å².